The Hall–Kier alpha value is -3.36. The Balaban J connectivity index is 2.02. The van der Waals surface area contributed by atoms with Crippen molar-refractivity contribution in [1.82, 2.24) is 10.2 Å². The van der Waals surface area contributed by atoms with Crippen LogP contribution in [0.2, 0.25) is 5.02 Å². The van der Waals surface area contributed by atoms with Crippen molar-refractivity contribution in [2.45, 2.75) is 38.3 Å². The molecular weight excluding hydrogens is 498 g/mol. The summed E-state index contributed by atoms with van der Waals surface area (Å²) >= 11 is 6.12. The molecule has 0 aromatic heterocycles. The second kappa shape index (κ2) is 11.6. The van der Waals surface area contributed by atoms with Crippen molar-refractivity contribution in [3.8, 4) is 0 Å². The highest BCUT2D eigenvalue weighted by Crippen LogP contribution is 2.25. The first-order chi connectivity index (χ1) is 17.0. The lowest BCUT2D eigenvalue weighted by Gasteiger charge is -2.31. The van der Waals surface area contributed by atoms with E-state index < -0.39 is 28.5 Å². The van der Waals surface area contributed by atoms with Gasteiger partial charge in [0.25, 0.3) is 10.0 Å². The zero-order valence-corrected chi connectivity index (χ0v) is 22.3. The van der Waals surface area contributed by atoms with Crippen LogP contribution < -0.4 is 9.62 Å². The van der Waals surface area contributed by atoms with E-state index in [4.69, 9.17) is 11.6 Å². The summed E-state index contributed by atoms with van der Waals surface area (Å²) in [6.07, 6.45) is 0. The maximum atomic E-state index is 13.7. The number of nitrogens with one attached hydrogen (secondary N) is 1. The second-order valence-corrected chi connectivity index (χ2v) is 10.9. The minimum absolute atomic E-state index is 0.0715. The molecule has 3 rings (SSSR count). The van der Waals surface area contributed by atoms with Crippen LogP contribution in [0.1, 0.15) is 23.6 Å². The summed E-state index contributed by atoms with van der Waals surface area (Å²) in [7, 11) is -2.59. The number of hydrogen-bond donors (Lipinski definition) is 1. The number of carbonyl (C=O) groups is 2. The van der Waals surface area contributed by atoms with Crippen LogP contribution in [-0.4, -0.2) is 44.8 Å². The third kappa shape index (κ3) is 6.44. The van der Waals surface area contributed by atoms with E-state index in [1.165, 1.54) is 24.1 Å². The quantitative estimate of drug-likeness (QED) is 0.449. The SMILES string of the molecule is CNC(=O)[C@H](C)N(Cc1cccc(Cl)c1)C(=O)CN(c1ccc(C)cc1)S(=O)(=O)c1ccc(C)cc1. The van der Waals surface area contributed by atoms with E-state index in [0.717, 1.165) is 21.0 Å². The lowest BCUT2D eigenvalue weighted by molar-refractivity contribution is -0.139. The van der Waals surface area contributed by atoms with Crippen molar-refractivity contribution in [1.29, 1.82) is 0 Å². The summed E-state index contributed by atoms with van der Waals surface area (Å²) in [6, 6.07) is 19.5. The van der Waals surface area contributed by atoms with Crippen LogP contribution in [0.15, 0.2) is 77.7 Å². The molecule has 0 aliphatic heterocycles. The molecule has 0 radical (unpaired) electrons. The van der Waals surface area contributed by atoms with Crippen molar-refractivity contribution in [3.05, 3.63) is 94.5 Å². The zero-order valence-electron chi connectivity index (χ0n) is 20.7. The maximum absolute atomic E-state index is 13.7. The lowest BCUT2D eigenvalue weighted by Crippen LogP contribution is -2.50. The number of hydrogen-bond acceptors (Lipinski definition) is 4. The number of amides is 2. The van der Waals surface area contributed by atoms with Crippen molar-refractivity contribution in [3.63, 3.8) is 0 Å². The lowest BCUT2D eigenvalue weighted by atomic mass is 10.1. The van der Waals surface area contributed by atoms with Gasteiger partial charge < -0.3 is 10.2 Å². The van der Waals surface area contributed by atoms with E-state index in [9.17, 15) is 18.0 Å². The third-order valence-electron chi connectivity index (χ3n) is 5.87. The highest BCUT2D eigenvalue weighted by molar-refractivity contribution is 7.92. The predicted octanol–water partition coefficient (Wildman–Crippen LogP) is 4.32. The molecule has 0 heterocycles. The van der Waals surface area contributed by atoms with Gasteiger partial charge in [-0.1, -0.05) is 59.1 Å². The van der Waals surface area contributed by atoms with Gasteiger partial charge in [-0.05, 0) is 62.7 Å². The van der Waals surface area contributed by atoms with E-state index in [0.29, 0.717) is 10.7 Å². The fraction of sp³-hybridized carbons (Fsp3) is 0.259. The van der Waals surface area contributed by atoms with Crippen LogP contribution in [0.4, 0.5) is 5.69 Å². The first kappa shape index (κ1) is 27.2. The van der Waals surface area contributed by atoms with Gasteiger partial charge in [0.05, 0.1) is 10.6 Å². The zero-order chi connectivity index (χ0) is 26.5. The topological polar surface area (TPSA) is 86.8 Å². The Kier molecular flexibility index (Phi) is 8.76. The molecule has 0 fully saturated rings. The van der Waals surface area contributed by atoms with Gasteiger partial charge in [0.15, 0.2) is 0 Å². The summed E-state index contributed by atoms with van der Waals surface area (Å²) in [5, 5.41) is 3.06. The number of anilines is 1. The predicted molar refractivity (Wildman–Crippen MR) is 142 cm³/mol. The number of benzene rings is 3. The van der Waals surface area contributed by atoms with Crippen molar-refractivity contribution >= 4 is 39.1 Å². The Morgan fingerprint density at radius 1 is 0.944 bits per heavy atom. The van der Waals surface area contributed by atoms with Gasteiger partial charge in [0.2, 0.25) is 11.8 Å². The van der Waals surface area contributed by atoms with Gasteiger partial charge in [-0.15, -0.1) is 0 Å². The molecule has 0 unspecified atom stereocenters. The van der Waals surface area contributed by atoms with E-state index in [1.807, 2.05) is 13.8 Å². The van der Waals surface area contributed by atoms with Gasteiger partial charge in [0.1, 0.15) is 12.6 Å². The Bertz CT molecular complexity index is 1330. The third-order valence-corrected chi connectivity index (χ3v) is 7.89. The number of likely N-dealkylation sites (N-methyl/N-ethyl adjacent to an activating group) is 1. The number of rotatable bonds is 9. The van der Waals surface area contributed by atoms with Crippen molar-refractivity contribution in [2.24, 2.45) is 0 Å². The van der Waals surface area contributed by atoms with Crippen molar-refractivity contribution < 1.29 is 18.0 Å². The summed E-state index contributed by atoms with van der Waals surface area (Å²) in [6.45, 7) is 4.96. The minimum atomic E-state index is -4.08. The number of aryl methyl sites for hydroxylation is 2. The molecule has 9 heteroatoms. The molecule has 0 spiro atoms. The smallest absolute Gasteiger partial charge is 0.264 e. The number of carbonyl (C=O) groups excluding carboxylic acids is 2. The second-order valence-electron chi connectivity index (χ2n) is 8.60. The largest absolute Gasteiger partial charge is 0.357 e. The van der Waals surface area contributed by atoms with Crippen LogP contribution in [0.5, 0.6) is 0 Å². The first-order valence-electron chi connectivity index (χ1n) is 11.4. The average Bonchev–Trinajstić information content (AvgIpc) is 2.85. The van der Waals surface area contributed by atoms with Gasteiger partial charge in [0, 0.05) is 18.6 Å². The minimum Gasteiger partial charge on any atom is -0.357 e. The molecular formula is C27H30ClN3O4S. The summed E-state index contributed by atoms with van der Waals surface area (Å²) in [5.41, 5.74) is 2.94. The highest BCUT2D eigenvalue weighted by atomic mass is 35.5. The van der Waals surface area contributed by atoms with Crippen LogP contribution in [0.3, 0.4) is 0 Å². The van der Waals surface area contributed by atoms with Gasteiger partial charge in [-0.2, -0.15) is 0 Å². The Morgan fingerprint density at radius 2 is 1.53 bits per heavy atom. The summed E-state index contributed by atoms with van der Waals surface area (Å²) < 4.78 is 28.5. The van der Waals surface area contributed by atoms with Crippen LogP contribution >= 0.6 is 11.6 Å². The maximum Gasteiger partial charge on any atom is 0.264 e. The standard InChI is InChI=1S/C27H30ClN3O4S/c1-19-8-12-24(13-9-19)31(36(34,35)25-14-10-20(2)11-15-25)18-26(32)30(21(3)27(33)29-4)17-22-6-5-7-23(28)16-22/h5-16,21H,17-18H2,1-4H3,(H,29,33)/t21-/m0/s1. The average molecular weight is 528 g/mol. The molecule has 0 bridgehead atoms. The van der Waals surface area contributed by atoms with E-state index in [1.54, 1.807) is 67.6 Å². The fourth-order valence-electron chi connectivity index (χ4n) is 3.70. The molecule has 190 valence electrons. The van der Waals surface area contributed by atoms with Gasteiger partial charge in [-0.25, -0.2) is 8.42 Å². The normalized spacial score (nSPS) is 12.0. The van der Waals surface area contributed by atoms with E-state index in [2.05, 4.69) is 5.32 Å². The van der Waals surface area contributed by atoms with Crippen LogP contribution in [0.25, 0.3) is 0 Å². The molecule has 0 saturated heterocycles. The first-order valence-corrected chi connectivity index (χ1v) is 13.3. The molecule has 0 aliphatic carbocycles. The monoisotopic (exact) mass is 527 g/mol. The van der Waals surface area contributed by atoms with Crippen molar-refractivity contribution in [2.75, 3.05) is 17.9 Å². The van der Waals surface area contributed by atoms with Gasteiger partial charge >= 0.3 is 0 Å². The van der Waals surface area contributed by atoms with E-state index in [-0.39, 0.29) is 17.3 Å². The molecule has 3 aromatic rings. The summed E-state index contributed by atoms with van der Waals surface area (Å²) in [4.78, 5) is 27.6. The molecule has 2 amide bonds. The van der Waals surface area contributed by atoms with Crippen LogP contribution in [0, 0.1) is 13.8 Å². The molecule has 3 aromatic carbocycles. The molecule has 0 aliphatic rings. The Labute approximate surface area is 217 Å². The Morgan fingerprint density at radius 3 is 2.08 bits per heavy atom. The molecule has 1 atom stereocenters. The number of halogens is 1. The molecule has 7 nitrogen and oxygen atoms in total. The highest BCUT2D eigenvalue weighted by Gasteiger charge is 2.32. The number of sulfonamides is 1. The molecule has 0 saturated carbocycles. The van der Waals surface area contributed by atoms with Crippen LogP contribution in [-0.2, 0) is 26.2 Å². The summed E-state index contributed by atoms with van der Waals surface area (Å²) in [5.74, 6) is -0.893. The van der Waals surface area contributed by atoms with E-state index >= 15 is 0 Å². The number of nitrogens with zero attached hydrogens (tertiary/aromatic N) is 2. The fourth-order valence-corrected chi connectivity index (χ4v) is 5.33. The van der Waals surface area contributed by atoms with Gasteiger partial charge in [-0.3, -0.25) is 13.9 Å². The molecule has 1 N–H and O–H groups in total. The molecule has 36 heavy (non-hydrogen) atoms.